The van der Waals surface area contributed by atoms with Gasteiger partial charge in [-0.2, -0.15) is 0 Å². The van der Waals surface area contributed by atoms with Crippen LogP contribution in [-0.2, 0) is 4.74 Å². The lowest BCUT2D eigenvalue weighted by Gasteiger charge is -2.60. The van der Waals surface area contributed by atoms with E-state index in [0.717, 1.165) is 12.6 Å². The van der Waals surface area contributed by atoms with Gasteiger partial charge in [0.25, 0.3) is 0 Å². The van der Waals surface area contributed by atoms with Crippen LogP contribution < -0.4 is 0 Å². The SMILES string of the molecule is CC1=CCC[C@]2(C)CC[C@H]3[C@@H]([C@@H]12)N(C)COC3(C)C. The Bertz CT molecular complexity index is 400. The first-order valence-corrected chi connectivity index (χ1v) is 7.86. The van der Waals surface area contributed by atoms with Crippen molar-refractivity contribution in [1.29, 1.82) is 0 Å². The highest BCUT2D eigenvalue weighted by Crippen LogP contribution is 2.56. The standard InChI is InChI=1S/C17H29NO/c1-12-7-6-9-17(4)10-8-13-15(14(12)17)18(5)11-19-16(13,2)3/h7,13-15H,6,8-11H2,1-5H3/t13-,14+,15-,17+/m0/s1. The van der Waals surface area contributed by atoms with Gasteiger partial charge in [0.1, 0.15) is 0 Å². The number of ether oxygens (including phenoxy) is 1. The van der Waals surface area contributed by atoms with Crippen LogP contribution in [0.25, 0.3) is 0 Å². The fourth-order valence-corrected chi connectivity index (χ4v) is 5.09. The summed E-state index contributed by atoms with van der Waals surface area (Å²) in [6, 6.07) is 0.666. The molecule has 0 bridgehead atoms. The maximum absolute atomic E-state index is 6.10. The minimum atomic E-state index is 0.0379. The summed E-state index contributed by atoms with van der Waals surface area (Å²) in [6.07, 6.45) is 7.82. The lowest BCUT2D eigenvalue weighted by atomic mass is 9.53. The summed E-state index contributed by atoms with van der Waals surface area (Å²) >= 11 is 0. The van der Waals surface area contributed by atoms with E-state index in [1.165, 1.54) is 25.7 Å². The zero-order valence-electron chi connectivity index (χ0n) is 13.2. The van der Waals surface area contributed by atoms with Crippen molar-refractivity contribution in [2.24, 2.45) is 17.3 Å². The summed E-state index contributed by atoms with van der Waals surface area (Å²) in [4.78, 5) is 2.47. The van der Waals surface area contributed by atoms with Gasteiger partial charge in [-0.3, -0.25) is 4.90 Å². The van der Waals surface area contributed by atoms with E-state index in [-0.39, 0.29) is 5.60 Å². The van der Waals surface area contributed by atoms with Crippen LogP contribution in [0.1, 0.15) is 53.4 Å². The Morgan fingerprint density at radius 1 is 1.26 bits per heavy atom. The molecule has 1 heterocycles. The van der Waals surface area contributed by atoms with Crippen molar-refractivity contribution in [1.82, 2.24) is 4.90 Å². The molecule has 3 rings (SSSR count). The van der Waals surface area contributed by atoms with E-state index in [1.54, 1.807) is 5.57 Å². The van der Waals surface area contributed by atoms with E-state index < -0.39 is 0 Å². The Hall–Kier alpha value is -0.340. The molecule has 3 aliphatic rings. The van der Waals surface area contributed by atoms with Crippen molar-refractivity contribution >= 4 is 0 Å². The molecule has 1 saturated carbocycles. The molecular formula is C17H29NO. The van der Waals surface area contributed by atoms with Crippen molar-refractivity contribution in [2.75, 3.05) is 13.8 Å². The molecule has 0 amide bonds. The van der Waals surface area contributed by atoms with E-state index in [1.807, 2.05) is 0 Å². The summed E-state index contributed by atoms with van der Waals surface area (Å²) in [5.74, 6) is 1.40. The Kier molecular flexibility index (Phi) is 3.10. The molecule has 0 aromatic heterocycles. The van der Waals surface area contributed by atoms with E-state index >= 15 is 0 Å². The van der Waals surface area contributed by atoms with Gasteiger partial charge in [-0.1, -0.05) is 18.6 Å². The highest BCUT2D eigenvalue weighted by molar-refractivity contribution is 5.20. The molecule has 2 heteroatoms. The number of rotatable bonds is 0. The Morgan fingerprint density at radius 2 is 2.00 bits per heavy atom. The first-order chi connectivity index (χ1) is 8.85. The normalized spacial score (nSPS) is 46.2. The van der Waals surface area contributed by atoms with Crippen LogP contribution in [0.5, 0.6) is 0 Å². The maximum atomic E-state index is 6.10. The van der Waals surface area contributed by atoms with Gasteiger partial charge in [0.2, 0.25) is 0 Å². The number of allylic oxidation sites excluding steroid dienone is 1. The third-order valence-corrected chi connectivity index (χ3v) is 6.25. The molecule has 2 fully saturated rings. The summed E-state index contributed by atoms with van der Waals surface area (Å²) in [5, 5.41) is 0. The second-order valence-corrected chi connectivity index (χ2v) is 7.89. The molecule has 19 heavy (non-hydrogen) atoms. The largest absolute Gasteiger partial charge is 0.360 e. The fraction of sp³-hybridized carbons (Fsp3) is 0.882. The third-order valence-electron chi connectivity index (χ3n) is 6.25. The predicted molar refractivity (Wildman–Crippen MR) is 78.9 cm³/mol. The number of hydrogen-bond donors (Lipinski definition) is 0. The Labute approximate surface area is 118 Å². The highest BCUT2D eigenvalue weighted by Gasteiger charge is 2.55. The van der Waals surface area contributed by atoms with Crippen molar-refractivity contribution in [3.63, 3.8) is 0 Å². The lowest BCUT2D eigenvalue weighted by Crippen LogP contribution is -2.63. The quantitative estimate of drug-likeness (QED) is 0.616. The van der Waals surface area contributed by atoms with Crippen molar-refractivity contribution < 1.29 is 4.74 Å². The van der Waals surface area contributed by atoms with Crippen LogP contribution in [0, 0.1) is 17.3 Å². The van der Waals surface area contributed by atoms with Gasteiger partial charge in [0, 0.05) is 17.9 Å². The average Bonchev–Trinajstić information content (AvgIpc) is 2.33. The number of hydrogen-bond acceptors (Lipinski definition) is 2. The van der Waals surface area contributed by atoms with Gasteiger partial charge in [-0.25, -0.2) is 0 Å². The predicted octanol–water partition coefficient (Wildman–Crippen LogP) is 3.83. The van der Waals surface area contributed by atoms with Gasteiger partial charge in [0.15, 0.2) is 0 Å². The summed E-state index contributed by atoms with van der Waals surface area (Å²) in [7, 11) is 2.25. The molecule has 0 radical (unpaired) electrons. The maximum Gasteiger partial charge on any atom is 0.0997 e. The minimum Gasteiger partial charge on any atom is -0.360 e. The lowest BCUT2D eigenvalue weighted by molar-refractivity contribution is -0.207. The molecule has 0 spiro atoms. The molecule has 4 atom stereocenters. The topological polar surface area (TPSA) is 12.5 Å². The number of nitrogens with zero attached hydrogens (tertiary/aromatic N) is 1. The van der Waals surface area contributed by atoms with Crippen LogP contribution in [0.15, 0.2) is 11.6 Å². The third kappa shape index (κ3) is 1.99. The molecular weight excluding hydrogens is 234 g/mol. The highest BCUT2D eigenvalue weighted by atomic mass is 16.5. The summed E-state index contributed by atoms with van der Waals surface area (Å²) < 4.78 is 6.10. The van der Waals surface area contributed by atoms with Gasteiger partial charge in [0.05, 0.1) is 12.3 Å². The monoisotopic (exact) mass is 263 g/mol. The van der Waals surface area contributed by atoms with Gasteiger partial charge in [-0.15, -0.1) is 0 Å². The summed E-state index contributed by atoms with van der Waals surface area (Å²) in [5.41, 5.74) is 2.19. The molecule has 0 unspecified atom stereocenters. The van der Waals surface area contributed by atoms with Crippen molar-refractivity contribution in [2.45, 2.75) is 65.0 Å². The average molecular weight is 263 g/mol. The van der Waals surface area contributed by atoms with E-state index in [9.17, 15) is 0 Å². The van der Waals surface area contributed by atoms with Crippen LogP contribution >= 0.6 is 0 Å². The molecule has 1 saturated heterocycles. The van der Waals surface area contributed by atoms with E-state index in [4.69, 9.17) is 4.74 Å². The first kappa shape index (κ1) is 13.6. The van der Waals surface area contributed by atoms with Crippen molar-refractivity contribution in [3.05, 3.63) is 11.6 Å². The molecule has 2 nitrogen and oxygen atoms in total. The first-order valence-electron chi connectivity index (χ1n) is 7.86. The molecule has 108 valence electrons. The van der Waals surface area contributed by atoms with Crippen molar-refractivity contribution in [3.8, 4) is 0 Å². The molecule has 2 aliphatic carbocycles. The van der Waals surface area contributed by atoms with Gasteiger partial charge in [-0.05, 0) is 58.9 Å². The minimum absolute atomic E-state index is 0.0379. The number of fused-ring (bicyclic) bond motifs is 3. The Morgan fingerprint density at radius 3 is 2.74 bits per heavy atom. The molecule has 0 N–H and O–H groups in total. The van der Waals surface area contributed by atoms with Crippen LogP contribution in [0.3, 0.4) is 0 Å². The Balaban J connectivity index is 2.01. The van der Waals surface area contributed by atoms with Crippen LogP contribution in [-0.4, -0.2) is 30.3 Å². The molecule has 1 aliphatic heterocycles. The zero-order valence-corrected chi connectivity index (χ0v) is 13.2. The van der Waals surface area contributed by atoms with Crippen LogP contribution in [0.2, 0.25) is 0 Å². The van der Waals surface area contributed by atoms with Crippen LogP contribution in [0.4, 0.5) is 0 Å². The zero-order chi connectivity index (χ0) is 13.8. The molecule has 0 aromatic rings. The fourth-order valence-electron chi connectivity index (χ4n) is 5.09. The molecule has 0 aromatic carbocycles. The second-order valence-electron chi connectivity index (χ2n) is 7.89. The van der Waals surface area contributed by atoms with Gasteiger partial charge < -0.3 is 4.74 Å². The smallest absolute Gasteiger partial charge is 0.0997 e. The summed E-state index contributed by atoms with van der Waals surface area (Å²) in [6.45, 7) is 10.3. The van der Waals surface area contributed by atoms with E-state index in [0.29, 0.717) is 17.4 Å². The van der Waals surface area contributed by atoms with Gasteiger partial charge >= 0.3 is 0 Å². The van der Waals surface area contributed by atoms with E-state index in [2.05, 4.69) is 45.7 Å². The second kappa shape index (κ2) is 4.33.